The van der Waals surface area contributed by atoms with Gasteiger partial charge in [-0.25, -0.2) is 0 Å². The molecule has 0 unspecified atom stereocenters. The second-order valence-corrected chi connectivity index (χ2v) is 8.43. The highest BCUT2D eigenvalue weighted by Gasteiger charge is 2.41. The van der Waals surface area contributed by atoms with Crippen LogP contribution in [0.2, 0.25) is 0 Å². The maximum absolute atomic E-state index is 13.4. The minimum absolute atomic E-state index is 0.169. The van der Waals surface area contributed by atoms with Crippen LogP contribution in [-0.2, 0) is 14.3 Å². The maximum Gasteiger partial charge on any atom is 0.277 e. The number of ether oxygens (including phenoxy) is 2. The van der Waals surface area contributed by atoms with Gasteiger partial charge in [-0.15, -0.1) is 0 Å². The van der Waals surface area contributed by atoms with E-state index in [0.717, 1.165) is 56.7 Å². The average Bonchev–Trinajstić information content (AvgIpc) is 3.02. The number of amides is 2. The van der Waals surface area contributed by atoms with Crippen LogP contribution >= 0.6 is 0 Å². The van der Waals surface area contributed by atoms with Crippen molar-refractivity contribution in [3.8, 4) is 5.75 Å². The summed E-state index contributed by atoms with van der Waals surface area (Å²) < 4.78 is 11.2. The lowest BCUT2D eigenvalue weighted by molar-refractivity contribution is -0.137. The Morgan fingerprint density at radius 1 is 0.968 bits per heavy atom. The number of hydrogen-bond acceptors (Lipinski definition) is 5. The van der Waals surface area contributed by atoms with Gasteiger partial charge in [0.1, 0.15) is 11.4 Å². The van der Waals surface area contributed by atoms with Crippen LogP contribution in [0.1, 0.15) is 58.4 Å². The molecule has 0 atom stereocenters. The molecule has 1 saturated heterocycles. The molecule has 0 spiro atoms. The van der Waals surface area contributed by atoms with Crippen molar-refractivity contribution >= 4 is 17.4 Å². The monoisotopic (exact) mass is 428 g/mol. The zero-order chi connectivity index (χ0) is 22.2. The molecule has 6 nitrogen and oxygen atoms in total. The van der Waals surface area contributed by atoms with Gasteiger partial charge < -0.3 is 14.4 Å². The van der Waals surface area contributed by atoms with Crippen molar-refractivity contribution in [2.24, 2.45) is 5.92 Å². The van der Waals surface area contributed by atoms with Crippen molar-refractivity contribution in [2.75, 3.05) is 39.5 Å². The molecule has 0 N–H and O–H groups in total. The zero-order valence-electron chi connectivity index (χ0n) is 19.2. The summed E-state index contributed by atoms with van der Waals surface area (Å²) in [7, 11) is 0. The molecule has 0 aliphatic carbocycles. The van der Waals surface area contributed by atoms with Crippen molar-refractivity contribution in [3.05, 3.63) is 35.5 Å². The van der Waals surface area contributed by atoms with E-state index < -0.39 is 0 Å². The molecule has 1 aromatic carbocycles. The Morgan fingerprint density at radius 3 is 2.29 bits per heavy atom. The Balaban J connectivity index is 1.79. The molecule has 0 radical (unpaired) electrons. The van der Waals surface area contributed by atoms with Gasteiger partial charge in [-0.05, 0) is 56.2 Å². The van der Waals surface area contributed by atoms with Crippen molar-refractivity contribution in [2.45, 2.75) is 52.9 Å². The van der Waals surface area contributed by atoms with E-state index in [1.54, 1.807) is 0 Å². The Kier molecular flexibility index (Phi) is 8.52. The fourth-order valence-electron chi connectivity index (χ4n) is 4.11. The van der Waals surface area contributed by atoms with Gasteiger partial charge in [-0.2, -0.15) is 0 Å². The van der Waals surface area contributed by atoms with Crippen LogP contribution in [0.5, 0.6) is 5.75 Å². The topological polar surface area (TPSA) is 59.1 Å². The normalized spacial score (nSPS) is 17.8. The number of nitrogens with zero attached hydrogens (tertiary/aromatic N) is 2. The molecule has 170 valence electrons. The highest BCUT2D eigenvalue weighted by Crippen LogP contribution is 2.34. The molecule has 6 heteroatoms. The van der Waals surface area contributed by atoms with E-state index in [1.807, 2.05) is 31.2 Å². The molecule has 0 bridgehead atoms. The molecule has 3 rings (SSSR count). The Labute approximate surface area is 186 Å². The van der Waals surface area contributed by atoms with Crippen molar-refractivity contribution in [1.29, 1.82) is 0 Å². The molecule has 2 aliphatic rings. The van der Waals surface area contributed by atoms with Crippen molar-refractivity contribution in [3.63, 3.8) is 0 Å². The molecule has 2 heterocycles. The first kappa shape index (κ1) is 23.3. The number of hydrogen-bond donors (Lipinski definition) is 0. The molecule has 2 amide bonds. The molecule has 0 saturated carbocycles. The van der Waals surface area contributed by atoms with E-state index in [-0.39, 0.29) is 11.8 Å². The number of rotatable bonds is 11. The number of piperidine rings is 1. The van der Waals surface area contributed by atoms with Crippen molar-refractivity contribution < 1.29 is 19.1 Å². The predicted octanol–water partition coefficient (Wildman–Crippen LogP) is 4.10. The van der Waals surface area contributed by atoms with E-state index in [9.17, 15) is 9.59 Å². The molecule has 2 aliphatic heterocycles. The first-order chi connectivity index (χ1) is 15.1. The van der Waals surface area contributed by atoms with E-state index in [4.69, 9.17) is 9.47 Å². The van der Waals surface area contributed by atoms with Crippen LogP contribution < -0.4 is 4.74 Å². The van der Waals surface area contributed by atoms with Crippen LogP contribution in [0.3, 0.4) is 0 Å². The third kappa shape index (κ3) is 5.67. The molecule has 31 heavy (non-hydrogen) atoms. The summed E-state index contributed by atoms with van der Waals surface area (Å²) >= 11 is 0. The number of benzene rings is 1. The number of carbonyl (C=O) groups is 2. The predicted molar refractivity (Wildman–Crippen MR) is 122 cm³/mol. The number of likely N-dealkylation sites (tertiary alicyclic amines) is 1. The van der Waals surface area contributed by atoms with Gasteiger partial charge in [-0.1, -0.05) is 32.4 Å². The Hall–Kier alpha value is -2.34. The fourth-order valence-corrected chi connectivity index (χ4v) is 4.11. The molecular weight excluding hydrogens is 392 g/mol. The fraction of sp³-hybridized carbons (Fsp3) is 0.600. The maximum atomic E-state index is 13.4. The molecule has 0 aromatic heterocycles. The lowest BCUT2D eigenvalue weighted by Gasteiger charge is -2.32. The number of imide groups is 1. The van der Waals surface area contributed by atoms with E-state index >= 15 is 0 Å². The van der Waals surface area contributed by atoms with Crippen LogP contribution in [0.25, 0.3) is 5.57 Å². The van der Waals surface area contributed by atoms with Gasteiger partial charge in [0.05, 0.1) is 12.2 Å². The second kappa shape index (κ2) is 11.3. The third-order valence-electron chi connectivity index (χ3n) is 6.01. The van der Waals surface area contributed by atoms with E-state index in [1.165, 1.54) is 4.90 Å². The van der Waals surface area contributed by atoms with Gasteiger partial charge in [0.25, 0.3) is 11.8 Å². The standard InChI is InChI=1S/C25H36N2O4/c1-4-6-17-30-18-7-14-27-24(28)22(20-8-10-21(11-9-20)31-5-2)23(25(27)29)26-15-12-19(3)13-16-26/h8-11,19H,4-7,12-18H2,1-3H3. The zero-order valence-corrected chi connectivity index (χ0v) is 19.2. The lowest BCUT2D eigenvalue weighted by Crippen LogP contribution is -2.39. The van der Waals surface area contributed by atoms with Crippen LogP contribution in [0.4, 0.5) is 0 Å². The second-order valence-electron chi connectivity index (χ2n) is 8.43. The minimum Gasteiger partial charge on any atom is -0.494 e. The summed E-state index contributed by atoms with van der Waals surface area (Å²) in [4.78, 5) is 30.2. The van der Waals surface area contributed by atoms with Gasteiger partial charge in [0.2, 0.25) is 0 Å². The highest BCUT2D eigenvalue weighted by atomic mass is 16.5. The van der Waals surface area contributed by atoms with E-state index in [2.05, 4.69) is 18.7 Å². The number of unbranched alkanes of at least 4 members (excludes halogenated alkanes) is 1. The van der Waals surface area contributed by atoms with Gasteiger partial charge >= 0.3 is 0 Å². The van der Waals surface area contributed by atoms with Crippen molar-refractivity contribution in [1.82, 2.24) is 9.80 Å². The summed E-state index contributed by atoms with van der Waals surface area (Å²) in [5, 5.41) is 0. The summed E-state index contributed by atoms with van der Waals surface area (Å²) in [5.41, 5.74) is 1.86. The van der Waals surface area contributed by atoms with Crippen LogP contribution in [0, 0.1) is 5.92 Å². The summed E-state index contributed by atoms with van der Waals surface area (Å²) in [6, 6.07) is 7.50. The SMILES string of the molecule is CCCCOCCCN1C(=O)C(c2ccc(OCC)cc2)=C(N2CCC(C)CC2)C1=O. The van der Waals surface area contributed by atoms with Gasteiger partial charge in [-0.3, -0.25) is 14.5 Å². The minimum atomic E-state index is -0.198. The van der Waals surface area contributed by atoms with E-state index in [0.29, 0.717) is 43.4 Å². The highest BCUT2D eigenvalue weighted by molar-refractivity contribution is 6.35. The van der Waals surface area contributed by atoms with Crippen LogP contribution in [-0.4, -0.2) is 61.1 Å². The lowest BCUT2D eigenvalue weighted by atomic mass is 9.97. The summed E-state index contributed by atoms with van der Waals surface area (Å²) in [6.45, 7) is 10.2. The molecule has 1 fully saturated rings. The summed E-state index contributed by atoms with van der Waals surface area (Å²) in [5.74, 6) is 1.04. The smallest absolute Gasteiger partial charge is 0.277 e. The largest absolute Gasteiger partial charge is 0.494 e. The third-order valence-corrected chi connectivity index (χ3v) is 6.01. The average molecular weight is 429 g/mol. The quantitative estimate of drug-likeness (QED) is 0.392. The number of carbonyl (C=O) groups excluding carboxylic acids is 2. The molecule has 1 aromatic rings. The Bertz CT molecular complexity index is 779. The van der Waals surface area contributed by atoms with Gasteiger partial charge in [0.15, 0.2) is 0 Å². The first-order valence-electron chi connectivity index (χ1n) is 11.7. The van der Waals surface area contributed by atoms with Gasteiger partial charge in [0, 0.05) is 32.8 Å². The molecular formula is C25H36N2O4. The Morgan fingerprint density at radius 2 is 1.65 bits per heavy atom. The summed E-state index contributed by atoms with van der Waals surface area (Å²) in [6.07, 6.45) is 4.85. The van der Waals surface area contributed by atoms with Crippen LogP contribution in [0.15, 0.2) is 30.0 Å². The first-order valence-corrected chi connectivity index (χ1v) is 11.7.